The van der Waals surface area contributed by atoms with E-state index < -0.39 is 0 Å². The Hall–Kier alpha value is -0.270. The Morgan fingerprint density at radius 2 is 2.00 bits per heavy atom. The Labute approximate surface area is 64.0 Å². The van der Waals surface area contributed by atoms with Crippen LogP contribution >= 0.6 is 23.2 Å². The quantitative estimate of drug-likeness (QED) is 0.453. The van der Waals surface area contributed by atoms with E-state index >= 15 is 0 Å². The molecule has 3 heteroatoms. The van der Waals surface area contributed by atoms with E-state index in [1.54, 1.807) is 0 Å². The fourth-order valence-electron chi connectivity index (χ4n) is 0.256. The third kappa shape index (κ3) is 7.73. The minimum absolute atomic E-state index is 0.0270. The molecule has 0 radical (unpaired) electrons. The van der Waals surface area contributed by atoms with Crippen LogP contribution in [0.2, 0.25) is 0 Å². The average molecular weight is 165 g/mol. The number of carbonyl (C=O) groups excluding carboxylic acids is 1. The van der Waals surface area contributed by atoms with Crippen molar-refractivity contribution in [1.29, 1.82) is 0 Å². The van der Waals surface area contributed by atoms with Gasteiger partial charge >= 0.3 is 0 Å². The molecule has 0 unspecified atom stereocenters. The van der Waals surface area contributed by atoms with E-state index in [4.69, 9.17) is 23.2 Å². The first kappa shape index (κ1) is 8.73. The first-order chi connectivity index (χ1) is 4.13. The lowest BCUT2D eigenvalue weighted by Crippen LogP contribution is -1.77. The van der Waals surface area contributed by atoms with Crippen LogP contribution in [0.1, 0.15) is 6.92 Å². The highest BCUT2D eigenvalue weighted by atomic mass is 35.5. The molecule has 50 valence electrons. The van der Waals surface area contributed by atoms with Gasteiger partial charge in [-0.15, -0.1) is 0 Å². The molecule has 0 saturated carbocycles. The second kappa shape index (κ2) is 4.59. The van der Waals surface area contributed by atoms with E-state index in [2.05, 4.69) is 0 Å². The van der Waals surface area contributed by atoms with E-state index in [-0.39, 0.29) is 10.3 Å². The number of halogens is 2. The summed E-state index contributed by atoms with van der Waals surface area (Å²) in [5.74, 6) is -0.0270. The lowest BCUT2D eigenvalue weighted by molar-refractivity contribution is -0.112. The SMILES string of the molecule is CC(=O)C=CC=C(Cl)Cl. The normalized spacial score (nSPS) is 9.67. The third-order valence-corrected chi connectivity index (χ3v) is 0.805. The summed E-state index contributed by atoms with van der Waals surface area (Å²) in [6.07, 6.45) is 4.31. The maximum absolute atomic E-state index is 10.2. The summed E-state index contributed by atoms with van der Waals surface area (Å²) in [6.45, 7) is 1.45. The molecule has 0 fully saturated rings. The summed E-state index contributed by atoms with van der Waals surface area (Å²) >= 11 is 10.5. The molecule has 1 nitrogen and oxygen atoms in total. The molecule has 0 amide bonds. The Morgan fingerprint density at radius 3 is 2.33 bits per heavy atom. The molecule has 0 bridgehead atoms. The van der Waals surface area contributed by atoms with Crippen LogP contribution in [0.15, 0.2) is 22.7 Å². The van der Waals surface area contributed by atoms with Gasteiger partial charge in [0.25, 0.3) is 0 Å². The molecule has 0 aliphatic carbocycles. The zero-order valence-electron chi connectivity index (χ0n) is 4.90. The molecule has 0 aromatic rings. The van der Waals surface area contributed by atoms with Crippen molar-refractivity contribution in [3.8, 4) is 0 Å². The summed E-state index contributed by atoms with van der Waals surface area (Å²) in [7, 11) is 0. The zero-order chi connectivity index (χ0) is 7.28. The standard InChI is InChI=1S/C6H6Cl2O/c1-5(9)3-2-4-6(7)8/h2-4H,1H3. The first-order valence-electron chi connectivity index (χ1n) is 2.33. The highest BCUT2D eigenvalue weighted by molar-refractivity contribution is 6.55. The smallest absolute Gasteiger partial charge is 0.152 e. The van der Waals surface area contributed by atoms with Crippen molar-refractivity contribution in [2.45, 2.75) is 6.92 Å². The molecular formula is C6H6Cl2O. The van der Waals surface area contributed by atoms with Gasteiger partial charge in [0, 0.05) is 0 Å². The minimum Gasteiger partial charge on any atom is -0.295 e. The van der Waals surface area contributed by atoms with Gasteiger partial charge in [-0.2, -0.15) is 0 Å². The zero-order valence-corrected chi connectivity index (χ0v) is 6.41. The van der Waals surface area contributed by atoms with Crippen LogP contribution < -0.4 is 0 Å². The van der Waals surface area contributed by atoms with E-state index in [0.717, 1.165) is 0 Å². The first-order valence-corrected chi connectivity index (χ1v) is 3.08. The molecule has 0 rings (SSSR count). The summed E-state index contributed by atoms with van der Waals surface area (Å²) in [5, 5.41) is 0. The van der Waals surface area contributed by atoms with Crippen LogP contribution in [-0.4, -0.2) is 5.78 Å². The molecule has 0 N–H and O–H groups in total. The van der Waals surface area contributed by atoms with E-state index in [1.807, 2.05) is 0 Å². The minimum atomic E-state index is -0.0270. The Morgan fingerprint density at radius 1 is 1.44 bits per heavy atom. The molecule has 0 spiro atoms. The van der Waals surface area contributed by atoms with Gasteiger partial charge in [-0.05, 0) is 19.1 Å². The molecule has 0 saturated heterocycles. The van der Waals surface area contributed by atoms with Crippen molar-refractivity contribution >= 4 is 29.0 Å². The van der Waals surface area contributed by atoms with E-state index in [9.17, 15) is 4.79 Å². The molecule has 0 aromatic carbocycles. The lowest BCUT2D eigenvalue weighted by atomic mass is 10.4. The number of allylic oxidation sites excluding steroid dienone is 3. The van der Waals surface area contributed by atoms with Crippen molar-refractivity contribution in [3.05, 3.63) is 22.7 Å². The van der Waals surface area contributed by atoms with E-state index in [1.165, 1.54) is 25.2 Å². The molecule has 9 heavy (non-hydrogen) atoms. The van der Waals surface area contributed by atoms with E-state index in [0.29, 0.717) is 0 Å². The predicted octanol–water partition coefficient (Wildman–Crippen LogP) is 2.45. The number of carbonyl (C=O) groups is 1. The van der Waals surface area contributed by atoms with Crippen LogP contribution in [0.4, 0.5) is 0 Å². The monoisotopic (exact) mass is 164 g/mol. The Balaban J connectivity index is 3.74. The van der Waals surface area contributed by atoms with Crippen molar-refractivity contribution in [2.75, 3.05) is 0 Å². The molecule has 0 aliphatic rings. The van der Waals surface area contributed by atoms with Gasteiger partial charge in [0.1, 0.15) is 4.49 Å². The van der Waals surface area contributed by atoms with Gasteiger partial charge in [0.05, 0.1) is 0 Å². The van der Waals surface area contributed by atoms with Gasteiger partial charge in [0.15, 0.2) is 5.78 Å². The molecular weight excluding hydrogens is 159 g/mol. The number of rotatable bonds is 2. The summed E-state index contributed by atoms with van der Waals surface area (Å²) in [5.41, 5.74) is 0. The molecule has 0 heterocycles. The Kier molecular flexibility index (Phi) is 4.46. The maximum atomic E-state index is 10.2. The highest BCUT2D eigenvalue weighted by Gasteiger charge is 1.79. The van der Waals surface area contributed by atoms with Gasteiger partial charge in [-0.1, -0.05) is 29.3 Å². The largest absolute Gasteiger partial charge is 0.295 e. The maximum Gasteiger partial charge on any atom is 0.152 e. The van der Waals surface area contributed by atoms with Crippen molar-refractivity contribution < 1.29 is 4.79 Å². The molecule has 0 aliphatic heterocycles. The van der Waals surface area contributed by atoms with Crippen LogP contribution in [0, 0.1) is 0 Å². The van der Waals surface area contributed by atoms with Crippen molar-refractivity contribution in [2.24, 2.45) is 0 Å². The third-order valence-electron chi connectivity index (χ3n) is 0.553. The van der Waals surface area contributed by atoms with Gasteiger partial charge in [0.2, 0.25) is 0 Å². The second-order valence-electron chi connectivity index (χ2n) is 1.43. The number of hydrogen-bond acceptors (Lipinski definition) is 1. The predicted molar refractivity (Wildman–Crippen MR) is 39.6 cm³/mol. The number of hydrogen-bond donors (Lipinski definition) is 0. The fraction of sp³-hybridized carbons (Fsp3) is 0.167. The van der Waals surface area contributed by atoms with Crippen molar-refractivity contribution in [3.63, 3.8) is 0 Å². The van der Waals surface area contributed by atoms with Gasteiger partial charge in [-0.3, -0.25) is 4.79 Å². The van der Waals surface area contributed by atoms with Gasteiger partial charge in [-0.25, -0.2) is 0 Å². The Bertz CT molecular complexity index is 154. The summed E-state index contributed by atoms with van der Waals surface area (Å²) in [6, 6.07) is 0. The molecule has 0 aromatic heterocycles. The topological polar surface area (TPSA) is 17.1 Å². The summed E-state index contributed by atoms with van der Waals surface area (Å²) < 4.78 is 0.146. The van der Waals surface area contributed by atoms with Crippen LogP contribution in [0.5, 0.6) is 0 Å². The van der Waals surface area contributed by atoms with Gasteiger partial charge < -0.3 is 0 Å². The number of ketones is 1. The van der Waals surface area contributed by atoms with Crippen LogP contribution in [0.3, 0.4) is 0 Å². The van der Waals surface area contributed by atoms with Crippen molar-refractivity contribution in [1.82, 2.24) is 0 Å². The van der Waals surface area contributed by atoms with Crippen LogP contribution in [-0.2, 0) is 4.79 Å². The summed E-state index contributed by atoms with van der Waals surface area (Å²) in [4.78, 5) is 10.2. The highest BCUT2D eigenvalue weighted by Crippen LogP contribution is 2.05. The average Bonchev–Trinajstić information content (AvgIpc) is 1.63. The second-order valence-corrected chi connectivity index (χ2v) is 2.43. The molecule has 0 atom stereocenters. The van der Waals surface area contributed by atoms with Crippen LogP contribution in [0.25, 0.3) is 0 Å². The lowest BCUT2D eigenvalue weighted by Gasteiger charge is -1.75. The fourth-order valence-corrected chi connectivity index (χ4v) is 0.402.